The molecule has 0 aromatic heterocycles. The molecule has 0 aromatic carbocycles. The SMILES string of the molecule is CC(=O)O[C@H]1CC[C@@]2(C)C(=CC[C@H]3[C@H]4[C@H](O[Si](C)(C)C(C)(C)C)C[C@H](O[Si](C)(C)C(C)(C)C)[C@@]4(C)CC[C@H]32)C1. The minimum Gasteiger partial charge on any atom is -0.462 e. The fraction of sp³-hybridized carbons (Fsp3) is 0.909. The molecule has 0 aliphatic heterocycles. The van der Waals surface area contributed by atoms with Crippen molar-refractivity contribution < 1.29 is 18.4 Å². The van der Waals surface area contributed by atoms with Gasteiger partial charge >= 0.3 is 5.97 Å². The highest BCUT2D eigenvalue weighted by Gasteiger charge is 2.64. The van der Waals surface area contributed by atoms with E-state index in [-0.39, 0.29) is 45.2 Å². The molecule has 0 N–H and O–H groups in total. The Morgan fingerprint density at radius 1 is 0.923 bits per heavy atom. The molecule has 0 bridgehead atoms. The summed E-state index contributed by atoms with van der Waals surface area (Å²) in [6, 6.07) is 0. The van der Waals surface area contributed by atoms with Crippen molar-refractivity contribution in [2.24, 2.45) is 28.6 Å². The zero-order chi connectivity index (χ0) is 29.4. The zero-order valence-corrected chi connectivity index (χ0v) is 29.6. The Morgan fingerprint density at radius 2 is 1.51 bits per heavy atom. The molecule has 0 unspecified atom stereocenters. The lowest BCUT2D eigenvalue weighted by molar-refractivity contribution is -0.149. The van der Waals surface area contributed by atoms with E-state index in [1.165, 1.54) is 12.8 Å². The molecule has 0 saturated heterocycles. The third-order valence-electron chi connectivity index (χ3n) is 12.8. The molecule has 6 heteroatoms. The maximum Gasteiger partial charge on any atom is 0.302 e. The van der Waals surface area contributed by atoms with Crippen LogP contribution in [0.1, 0.15) is 107 Å². The molecule has 39 heavy (non-hydrogen) atoms. The van der Waals surface area contributed by atoms with Crippen LogP contribution in [0.4, 0.5) is 0 Å². The van der Waals surface area contributed by atoms with E-state index in [2.05, 4.69) is 87.7 Å². The maximum atomic E-state index is 11.7. The monoisotopic (exact) mass is 576 g/mol. The maximum absolute atomic E-state index is 11.7. The molecule has 0 amide bonds. The molecule has 224 valence electrons. The second kappa shape index (κ2) is 10.1. The molecule has 0 spiro atoms. The highest BCUT2D eigenvalue weighted by molar-refractivity contribution is 6.74. The fourth-order valence-electron chi connectivity index (χ4n) is 8.34. The van der Waals surface area contributed by atoms with E-state index >= 15 is 0 Å². The minimum atomic E-state index is -1.95. The van der Waals surface area contributed by atoms with Crippen LogP contribution in [0.25, 0.3) is 0 Å². The molecule has 3 fully saturated rings. The van der Waals surface area contributed by atoms with Crippen LogP contribution in [0.15, 0.2) is 11.6 Å². The molecule has 4 nitrogen and oxygen atoms in total. The number of rotatable bonds is 5. The quantitative estimate of drug-likeness (QED) is 0.186. The molecule has 0 aromatic rings. The normalized spacial score (nSPS) is 39.4. The van der Waals surface area contributed by atoms with Crippen LogP contribution in [-0.4, -0.2) is 40.9 Å². The lowest BCUT2D eigenvalue weighted by Gasteiger charge is -2.59. The van der Waals surface area contributed by atoms with E-state index in [0.29, 0.717) is 17.8 Å². The smallest absolute Gasteiger partial charge is 0.302 e. The van der Waals surface area contributed by atoms with Gasteiger partial charge in [0.15, 0.2) is 16.6 Å². The lowest BCUT2D eigenvalue weighted by atomic mass is 9.47. The lowest BCUT2D eigenvalue weighted by Crippen LogP contribution is -2.55. The van der Waals surface area contributed by atoms with Crippen LogP contribution in [-0.2, 0) is 18.4 Å². The summed E-state index contributed by atoms with van der Waals surface area (Å²) in [6.45, 7) is 30.6. The van der Waals surface area contributed by atoms with Crippen LogP contribution < -0.4 is 0 Å². The largest absolute Gasteiger partial charge is 0.462 e. The van der Waals surface area contributed by atoms with Crippen molar-refractivity contribution in [3.63, 3.8) is 0 Å². The third kappa shape index (κ3) is 5.55. The van der Waals surface area contributed by atoms with E-state index in [1.54, 1.807) is 12.5 Å². The Balaban J connectivity index is 1.70. The summed E-state index contributed by atoms with van der Waals surface area (Å²) < 4.78 is 20.4. The van der Waals surface area contributed by atoms with E-state index in [9.17, 15) is 4.79 Å². The van der Waals surface area contributed by atoms with Gasteiger partial charge in [0.1, 0.15) is 6.10 Å². The van der Waals surface area contributed by atoms with Gasteiger partial charge in [-0.05, 0) is 103 Å². The number of fused-ring (bicyclic) bond motifs is 5. The van der Waals surface area contributed by atoms with Crippen LogP contribution in [0, 0.1) is 28.6 Å². The van der Waals surface area contributed by atoms with E-state index in [1.807, 2.05) is 0 Å². The minimum absolute atomic E-state index is 0.0516. The second-order valence-corrected chi connectivity index (χ2v) is 26.7. The van der Waals surface area contributed by atoms with Gasteiger partial charge in [-0.3, -0.25) is 4.79 Å². The van der Waals surface area contributed by atoms with Crippen molar-refractivity contribution in [3.8, 4) is 0 Å². The first-order valence-electron chi connectivity index (χ1n) is 15.8. The van der Waals surface area contributed by atoms with Gasteiger partial charge in [0.2, 0.25) is 0 Å². The number of hydrogen-bond acceptors (Lipinski definition) is 4. The molecule has 3 saturated carbocycles. The predicted octanol–water partition coefficient (Wildman–Crippen LogP) is 9.27. The van der Waals surface area contributed by atoms with Crippen molar-refractivity contribution in [2.75, 3.05) is 0 Å². The number of allylic oxidation sites excluding steroid dienone is 1. The van der Waals surface area contributed by atoms with E-state index < -0.39 is 16.6 Å². The highest BCUT2D eigenvalue weighted by Crippen LogP contribution is 2.66. The first-order valence-corrected chi connectivity index (χ1v) is 21.7. The number of hydrogen-bond donors (Lipinski definition) is 0. The molecule has 4 rings (SSSR count). The molecule has 4 aliphatic carbocycles. The van der Waals surface area contributed by atoms with Crippen molar-refractivity contribution in [1.82, 2.24) is 0 Å². The van der Waals surface area contributed by atoms with Crippen molar-refractivity contribution in [1.29, 1.82) is 0 Å². The Morgan fingerprint density at radius 3 is 2.08 bits per heavy atom. The molecular weight excluding hydrogens is 517 g/mol. The molecule has 0 radical (unpaired) electrons. The average Bonchev–Trinajstić information content (AvgIpc) is 3.02. The predicted molar refractivity (Wildman–Crippen MR) is 167 cm³/mol. The number of ether oxygens (including phenoxy) is 1. The standard InChI is InChI=1S/C33H60O4Si2/c1-22(34)35-24-16-18-32(8)23(20-24)14-15-25-26(32)17-19-33(9)28(37-39(12,13)31(5,6)7)21-27(29(25)33)36-38(10,11)30(2,3)4/h14,24-29H,15-21H2,1-13H3/t24-,25+,26+,27+,28-,29-,32-,33+/m0/s1. The van der Waals surface area contributed by atoms with Gasteiger partial charge in [0.25, 0.3) is 0 Å². The topological polar surface area (TPSA) is 44.8 Å². The summed E-state index contributed by atoms with van der Waals surface area (Å²) in [7, 11) is -3.87. The summed E-state index contributed by atoms with van der Waals surface area (Å²) in [4.78, 5) is 11.7. The van der Waals surface area contributed by atoms with Gasteiger partial charge in [-0.2, -0.15) is 0 Å². The number of carbonyl (C=O) groups is 1. The summed E-state index contributed by atoms with van der Waals surface area (Å²) in [5.41, 5.74) is 1.92. The van der Waals surface area contributed by atoms with Crippen LogP contribution in [0.2, 0.25) is 36.3 Å². The highest BCUT2D eigenvalue weighted by atomic mass is 28.4. The molecule has 8 atom stereocenters. The van der Waals surface area contributed by atoms with Crippen molar-refractivity contribution >= 4 is 22.6 Å². The number of esters is 1. The van der Waals surface area contributed by atoms with Crippen molar-refractivity contribution in [2.45, 2.75) is 162 Å². The Kier molecular flexibility index (Phi) is 8.15. The van der Waals surface area contributed by atoms with Gasteiger partial charge in [-0.25, -0.2) is 0 Å². The summed E-state index contributed by atoms with van der Waals surface area (Å²) in [6.07, 6.45) is 10.9. The summed E-state index contributed by atoms with van der Waals surface area (Å²) >= 11 is 0. The molecule has 4 aliphatic rings. The molecule has 0 heterocycles. The Labute approximate surface area is 242 Å². The Bertz CT molecular complexity index is 973. The first kappa shape index (κ1) is 31.5. The van der Waals surface area contributed by atoms with Crippen LogP contribution in [0.5, 0.6) is 0 Å². The fourth-order valence-corrected chi connectivity index (χ4v) is 11.1. The third-order valence-corrected chi connectivity index (χ3v) is 21.8. The van der Waals surface area contributed by atoms with Gasteiger partial charge < -0.3 is 13.6 Å². The van der Waals surface area contributed by atoms with E-state index in [4.69, 9.17) is 13.6 Å². The van der Waals surface area contributed by atoms with Gasteiger partial charge in [-0.1, -0.05) is 67.0 Å². The summed E-state index contributed by atoms with van der Waals surface area (Å²) in [5.74, 6) is 1.69. The van der Waals surface area contributed by atoms with Gasteiger partial charge in [0, 0.05) is 13.3 Å². The van der Waals surface area contributed by atoms with Crippen LogP contribution in [0.3, 0.4) is 0 Å². The second-order valence-electron chi connectivity index (χ2n) is 17.2. The van der Waals surface area contributed by atoms with Gasteiger partial charge in [0.05, 0.1) is 12.2 Å². The van der Waals surface area contributed by atoms with E-state index in [0.717, 1.165) is 32.1 Å². The summed E-state index contributed by atoms with van der Waals surface area (Å²) in [5, 5.41) is 0.390. The Hall–Kier alpha value is -0.436. The zero-order valence-electron chi connectivity index (χ0n) is 27.6. The first-order chi connectivity index (χ1) is 17.6. The van der Waals surface area contributed by atoms with Gasteiger partial charge in [-0.15, -0.1) is 0 Å². The average molecular weight is 577 g/mol. The number of carbonyl (C=O) groups excluding carboxylic acids is 1. The molecular formula is C33H60O4Si2. The van der Waals surface area contributed by atoms with Crippen molar-refractivity contribution in [3.05, 3.63) is 11.6 Å². The van der Waals surface area contributed by atoms with Crippen LogP contribution >= 0.6 is 0 Å².